The largest absolute Gasteiger partial charge is 0.312 e. The van der Waals surface area contributed by atoms with Crippen LogP contribution in [0.15, 0.2) is 17.1 Å². The van der Waals surface area contributed by atoms with Crippen LogP contribution in [0.2, 0.25) is 0 Å². The van der Waals surface area contributed by atoms with E-state index in [2.05, 4.69) is 10.4 Å². The lowest BCUT2D eigenvalue weighted by atomic mass is 10.2. The van der Waals surface area contributed by atoms with Crippen molar-refractivity contribution in [3.05, 3.63) is 28.2 Å². The Morgan fingerprint density at radius 3 is 2.94 bits per heavy atom. The molecule has 16 heavy (non-hydrogen) atoms. The summed E-state index contributed by atoms with van der Waals surface area (Å²) in [7, 11) is 0. The molecule has 0 aliphatic heterocycles. The van der Waals surface area contributed by atoms with Gasteiger partial charge in [-0.2, -0.15) is 5.10 Å². The Morgan fingerprint density at radius 1 is 1.50 bits per heavy atom. The molecule has 1 heterocycles. The second-order valence-electron chi connectivity index (χ2n) is 4.53. The lowest BCUT2D eigenvalue weighted by Crippen LogP contribution is -2.33. The topological polar surface area (TPSA) is 46.9 Å². The van der Waals surface area contributed by atoms with Gasteiger partial charge in [0, 0.05) is 18.7 Å². The van der Waals surface area contributed by atoms with Crippen LogP contribution in [-0.2, 0) is 6.54 Å². The molecule has 0 amide bonds. The van der Waals surface area contributed by atoms with Crippen molar-refractivity contribution in [2.24, 2.45) is 0 Å². The Balaban J connectivity index is 1.82. The number of hydrogen-bond acceptors (Lipinski definition) is 3. The number of nitrogens with one attached hydrogen (secondary N) is 1. The average molecular weight is 221 g/mol. The molecule has 0 spiro atoms. The van der Waals surface area contributed by atoms with E-state index in [1.165, 1.54) is 30.4 Å². The first-order valence-corrected chi connectivity index (χ1v) is 6.03. The van der Waals surface area contributed by atoms with Crippen LogP contribution in [0.5, 0.6) is 0 Å². The zero-order valence-electron chi connectivity index (χ0n) is 9.78. The molecule has 0 bridgehead atoms. The number of hydrogen-bond donors (Lipinski definition) is 1. The first-order chi connectivity index (χ1) is 7.75. The Labute approximate surface area is 95.7 Å². The number of aryl methyl sites for hydroxylation is 1. The van der Waals surface area contributed by atoms with Gasteiger partial charge >= 0.3 is 0 Å². The summed E-state index contributed by atoms with van der Waals surface area (Å²) in [5.74, 6) is 0. The molecule has 1 fully saturated rings. The molecule has 0 atom stereocenters. The van der Waals surface area contributed by atoms with Gasteiger partial charge in [-0.05, 0) is 25.3 Å². The molecule has 1 N–H and O–H groups in total. The van der Waals surface area contributed by atoms with Crippen molar-refractivity contribution in [1.29, 1.82) is 0 Å². The fourth-order valence-electron chi connectivity index (χ4n) is 2.20. The maximum Gasteiger partial charge on any atom is 0.267 e. The van der Waals surface area contributed by atoms with Crippen molar-refractivity contribution in [3.63, 3.8) is 0 Å². The summed E-state index contributed by atoms with van der Waals surface area (Å²) in [5, 5.41) is 7.58. The zero-order chi connectivity index (χ0) is 11.4. The number of nitrogens with zero attached hydrogens (tertiary/aromatic N) is 2. The van der Waals surface area contributed by atoms with E-state index in [1.54, 1.807) is 12.3 Å². The Hall–Kier alpha value is -1.16. The summed E-state index contributed by atoms with van der Waals surface area (Å²) < 4.78 is 1.52. The number of rotatable bonds is 4. The fraction of sp³-hybridized carbons (Fsp3) is 0.667. The molecule has 88 valence electrons. The molecule has 4 heteroatoms. The Morgan fingerprint density at radius 2 is 2.25 bits per heavy atom. The van der Waals surface area contributed by atoms with Crippen LogP contribution in [0.1, 0.15) is 31.2 Å². The van der Waals surface area contributed by atoms with Gasteiger partial charge in [0.2, 0.25) is 0 Å². The summed E-state index contributed by atoms with van der Waals surface area (Å²) >= 11 is 0. The minimum atomic E-state index is -0.00628. The molecule has 0 saturated heterocycles. The second-order valence-corrected chi connectivity index (χ2v) is 4.53. The van der Waals surface area contributed by atoms with E-state index >= 15 is 0 Å². The SMILES string of the molecule is Cc1cnn(CCNC2CCCC2)c(=O)c1. The smallest absolute Gasteiger partial charge is 0.267 e. The normalized spacial score (nSPS) is 16.8. The first kappa shape index (κ1) is 11.3. The quantitative estimate of drug-likeness (QED) is 0.827. The van der Waals surface area contributed by atoms with Gasteiger partial charge in [-0.25, -0.2) is 4.68 Å². The standard InChI is InChI=1S/C12H19N3O/c1-10-8-12(16)15(14-9-10)7-6-13-11-4-2-3-5-11/h8-9,11,13H,2-7H2,1H3. The minimum absolute atomic E-state index is 0.00628. The molecule has 1 aliphatic carbocycles. The van der Waals surface area contributed by atoms with Crippen LogP contribution in [0.4, 0.5) is 0 Å². The molecule has 2 rings (SSSR count). The summed E-state index contributed by atoms with van der Waals surface area (Å²) in [4.78, 5) is 11.5. The molecule has 1 aliphatic rings. The average Bonchev–Trinajstić information content (AvgIpc) is 2.74. The van der Waals surface area contributed by atoms with Gasteiger partial charge in [-0.3, -0.25) is 4.79 Å². The van der Waals surface area contributed by atoms with Crippen molar-refractivity contribution in [2.45, 2.75) is 45.2 Å². The number of aromatic nitrogens is 2. The van der Waals surface area contributed by atoms with Crippen LogP contribution < -0.4 is 10.9 Å². The van der Waals surface area contributed by atoms with Crippen molar-refractivity contribution in [3.8, 4) is 0 Å². The molecule has 4 nitrogen and oxygen atoms in total. The lowest BCUT2D eigenvalue weighted by Gasteiger charge is -2.11. The van der Waals surface area contributed by atoms with Crippen LogP contribution in [0.3, 0.4) is 0 Å². The Kier molecular flexibility index (Phi) is 3.72. The van der Waals surface area contributed by atoms with Crippen molar-refractivity contribution in [2.75, 3.05) is 6.54 Å². The maximum absolute atomic E-state index is 11.5. The van der Waals surface area contributed by atoms with Crippen molar-refractivity contribution in [1.82, 2.24) is 15.1 Å². The molecular formula is C12H19N3O. The summed E-state index contributed by atoms with van der Waals surface area (Å²) in [6.45, 7) is 3.38. The van der Waals surface area contributed by atoms with Gasteiger partial charge in [0.05, 0.1) is 12.7 Å². The van der Waals surface area contributed by atoms with Gasteiger partial charge in [0.15, 0.2) is 0 Å². The van der Waals surface area contributed by atoms with Crippen molar-refractivity contribution >= 4 is 0 Å². The van der Waals surface area contributed by atoms with Crippen LogP contribution >= 0.6 is 0 Å². The fourth-order valence-corrected chi connectivity index (χ4v) is 2.20. The van der Waals surface area contributed by atoms with E-state index in [0.29, 0.717) is 12.6 Å². The van der Waals surface area contributed by atoms with Crippen LogP contribution in [0.25, 0.3) is 0 Å². The van der Waals surface area contributed by atoms with E-state index in [9.17, 15) is 4.79 Å². The predicted octanol–water partition coefficient (Wildman–Crippen LogP) is 1.08. The van der Waals surface area contributed by atoms with E-state index in [-0.39, 0.29) is 5.56 Å². The molecular weight excluding hydrogens is 202 g/mol. The molecule has 1 saturated carbocycles. The highest BCUT2D eigenvalue weighted by Crippen LogP contribution is 2.17. The third kappa shape index (κ3) is 2.92. The van der Waals surface area contributed by atoms with E-state index in [0.717, 1.165) is 12.1 Å². The van der Waals surface area contributed by atoms with E-state index in [4.69, 9.17) is 0 Å². The predicted molar refractivity (Wildman–Crippen MR) is 63.5 cm³/mol. The van der Waals surface area contributed by atoms with Gasteiger partial charge in [0.1, 0.15) is 0 Å². The van der Waals surface area contributed by atoms with Gasteiger partial charge < -0.3 is 5.32 Å². The lowest BCUT2D eigenvalue weighted by molar-refractivity contribution is 0.470. The highest BCUT2D eigenvalue weighted by Gasteiger charge is 2.13. The summed E-state index contributed by atoms with van der Waals surface area (Å²) in [6, 6.07) is 2.28. The molecule has 0 unspecified atom stereocenters. The second kappa shape index (κ2) is 5.25. The third-order valence-electron chi connectivity index (χ3n) is 3.12. The third-order valence-corrected chi connectivity index (χ3v) is 3.12. The summed E-state index contributed by atoms with van der Waals surface area (Å²) in [5.41, 5.74) is 0.915. The molecule has 0 radical (unpaired) electrons. The van der Waals surface area contributed by atoms with Crippen LogP contribution in [0, 0.1) is 6.92 Å². The minimum Gasteiger partial charge on any atom is -0.312 e. The summed E-state index contributed by atoms with van der Waals surface area (Å²) in [6.07, 6.45) is 6.95. The molecule has 1 aromatic rings. The van der Waals surface area contributed by atoms with Crippen LogP contribution in [-0.4, -0.2) is 22.4 Å². The zero-order valence-corrected chi connectivity index (χ0v) is 9.78. The monoisotopic (exact) mass is 221 g/mol. The van der Waals surface area contributed by atoms with Gasteiger partial charge in [-0.15, -0.1) is 0 Å². The maximum atomic E-state index is 11.5. The van der Waals surface area contributed by atoms with Gasteiger partial charge in [-0.1, -0.05) is 12.8 Å². The molecule has 1 aromatic heterocycles. The molecule has 0 aromatic carbocycles. The van der Waals surface area contributed by atoms with Gasteiger partial charge in [0.25, 0.3) is 5.56 Å². The van der Waals surface area contributed by atoms with E-state index in [1.807, 2.05) is 6.92 Å². The Bertz CT molecular complexity index is 393. The van der Waals surface area contributed by atoms with E-state index < -0.39 is 0 Å². The first-order valence-electron chi connectivity index (χ1n) is 6.03. The van der Waals surface area contributed by atoms with Crippen molar-refractivity contribution < 1.29 is 0 Å². The highest BCUT2D eigenvalue weighted by molar-refractivity contribution is 5.02. The highest BCUT2D eigenvalue weighted by atomic mass is 16.1.